The lowest BCUT2D eigenvalue weighted by molar-refractivity contribution is 0.636. The molecule has 0 saturated heterocycles. The molecule has 78 valence electrons. The summed E-state index contributed by atoms with van der Waals surface area (Å²) in [6.07, 6.45) is 2.97. The number of aromatic nitrogens is 2. The molecule has 0 radical (unpaired) electrons. The standard InChI is InChI=1S/C10H15ClN2S/c1-4-7(2)6-14-9-8(3)5-12-10(11)13-9/h5,7H,4,6H2,1-3H3. The summed E-state index contributed by atoms with van der Waals surface area (Å²) < 4.78 is 0. The van der Waals surface area contributed by atoms with Crippen molar-refractivity contribution < 1.29 is 0 Å². The highest BCUT2D eigenvalue weighted by Gasteiger charge is 2.05. The van der Waals surface area contributed by atoms with E-state index in [0.717, 1.165) is 16.3 Å². The highest BCUT2D eigenvalue weighted by atomic mass is 35.5. The Kier molecular flexibility index (Phi) is 4.69. The van der Waals surface area contributed by atoms with Crippen molar-refractivity contribution in [3.8, 4) is 0 Å². The zero-order valence-corrected chi connectivity index (χ0v) is 10.3. The van der Waals surface area contributed by atoms with Crippen molar-refractivity contribution >= 4 is 23.4 Å². The lowest BCUT2D eigenvalue weighted by Gasteiger charge is -2.08. The summed E-state index contributed by atoms with van der Waals surface area (Å²) in [6.45, 7) is 6.45. The largest absolute Gasteiger partial charge is 0.226 e. The van der Waals surface area contributed by atoms with Crippen LogP contribution in [0.1, 0.15) is 25.8 Å². The van der Waals surface area contributed by atoms with E-state index in [1.165, 1.54) is 6.42 Å². The first-order chi connectivity index (χ1) is 6.63. The van der Waals surface area contributed by atoms with E-state index in [9.17, 15) is 0 Å². The van der Waals surface area contributed by atoms with Gasteiger partial charge in [-0.15, -0.1) is 11.8 Å². The number of halogens is 1. The average Bonchev–Trinajstić information content (AvgIpc) is 2.19. The van der Waals surface area contributed by atoms with Gasteiger partial charge in [0.2, 0.25) is 5.28 Å². The zero-order valence-electron chi connectivity index (χ0n) is 8.75. The Labute approximate surface area is 94.5 Å². The molecule has 1 heterocycles. The van der Waals surface area contributed by atoms with Crippen LogP contribution in [0.25, 0.3) is 0 Å². The van der Waals surface area contributed by atoms with Crippen LogP contribution < -0.4 is 0 Å². The maximum absolute atomic E-state index is 5.73. The van der Waals surface area contributed by atoms with Crippen LogP contribution >= 0.6 is 23.4 Å². The molecule has 1 unspecified atom stereocenters. The quantitative estimate of drug-likeness (QED) is 0.449. The summed E-state index contributed by atoms with van der Waals surface area (Å²) in [7, 11) is 0. The minimum atomic E-state index is 0.335. The van der Waals surface area contributed by atoms with E-state index < -0.39 is 0 Å². The SMILES string of the molecule is CCC(C)CSc1nc(Cl)ncc1C. The molecular formula is C10H15ClN2S. The molecular weight excluding hydrogens is 216 g/mol. The van der Waals surface area contributed by atoms with Crippen LogP contribution in [0, 0.1) is 12.8 Å². The smallest absolute Gasteiger partial charge is 0.223 e. The Hall–Kier alpha value is -0.280. The van der Waals surface area contributed by atoms with Gasteiger partial charge in [-0.1, -0.05) is 20.3 Å². The minimum absolute atomic E-state index is 0.335. The lowest BCUT2D eigenvalue weighted by Crippen LogP contribution is -1.97. The maximum Gasteiger partial charge on any atom is 0.223 e. The molecule has 2 nitrogen and oxygen atoms in total. The van der Waals surface area contributed by atoms with Crippen molar-refractivity contribution in [2.75, 3.05) is 5.75 Å². The highest BCUT2D eigenvalue weighted by molar-refractivity contribution is 7.99. The molecule has 0 bridgehead atoms. The van der Waals surface area contributed by atoms with Gasteiger partial charge < -0.3 is 0 Å². The van der Waals surface area contributed by atoms with Gasteiger partial charge in [0.25, 0.3) is 0 Å². The topological polar surface area (TPSA) is 25.8 Å². The Balaban J connectivity index is 2.62. The first kappa shape index (κ1) is 11.8. The van der Waals surface area contributed by atoms with Crippen molar-refractivity contribution in [3.05, 3.63) is 17.0 Å². The fraction of sp³-hybridized carbons (Fsp3) is 0.600. The minimum Gasteiger partial charge on any atom is -0.226 e. The van der Waals surface area contributed by atoms with Crippen molar-refractivity contribution in [2.45, 2.75) is 32.2 Å². The molecule has 0 aromatic carbocycles. The Morgan fingerprint density at radius 3 is 2.93 bits per heavy atom. The molecule has 4 heteroatoms. The Bertz CT molecular complexity index is 304. The van der Waals surface area contributed by atoms with E-state index in [1.807, 2.05) is 6.92 Å². The summed E-state index contributed by atoms with van der Waals surface area (Å²) >= 11 is 7.49. The van der Waals surface area contributed by atoms with Gasteiger partial charge in [-0.25, -0.2) is 9.97 Å². The molecule has 0 N–H and O–H groups in total. The van der Waals surface area contributed by atoms with E-state index >= 15 is 0 Å². The van der Waals surface area contributed by atoms with E-state index in [4.69, 9.17) is 11.6 Å². The third-order valence-corrected chi connectivity index (χ3v) is 3.70. The van der Waals surface area contributed by atoms with Gasteiger partial charge in [-0.2, -0.15) is 0 Å². The van der Waals surface area contributed by atoms with E-state index in [1.54, 1.807) is 18.0 Å². The molecule has 1 atom stereocenters. The number of nitrogens with zero attached hydrogens (tertiary/aromatic N) is 2. The monoisotopic (exact) mass is 230 g/mol. The van der Waals surface area contributed by atoms with Crippen LogP contribution in [-0.2, 0) is 0 Å². The van der Waals surface area contributed by atoms with Crippen molar-refractivity contribution in [3.63, 3.8) is 0 Å². The average molecular weight is 231 g/mol. The first-order valence-electron chi connectivity index (χ1n) is 4.75. The van der Waals surface area contributed by atoms with Crippen LogP contribution in [-0.4, -0.2) is 15.7 Å². The van der Waals surface area contributed by atoms with Crippen LogP contribution in [0.3, 0.4) is 0 Å². The molecule has 1 aromatic heterocycles. The second kappa shape index (κ2) is 5.56. The Morgan fingerprint density at radius 1 is 1.57 bits per heavy atom. The molecule has 0 aliphatic carbocycles. The summed E-state index contributed by atoms with van der Waals surface area (Å²) in [5, 5.41) is 1.34. The zero-order chi connectivity index (χ0) is 10.6. The molecule has 0 spiro atoms. The second-order valence-corrected chi connectivity index (χ2v) is 4.80. The van der Waals surface area contributed by atoms with E-state index in [0.29, 0.717) is 11.2 Å². The summed E-state index contributed by atoms with van der Waals surface area (Å²) in [6, 6.07) is 0. The van der Waals surface area contributed by atoms with E-state index in [-0.39, 0.29) is 0 Å². The molecule has 0 aliphatic heterocycles. The molecule has 0 aliphatic rings. The maximum atomic E-state index is 5.73. The molecule has 0 amide bonds. The van der Waals surface area contributed by atoms with Gasteiger partial charge in [0, 0.05) is 11.9 Å². The summed E-state index contributed by atoms with van der Waals surface area (Å²) in [5.74, 6) is 1.80. The Morgan fingerprint density at radius 2 is 2.29 bits per heavy atom. The third-order valence-electron chi connectivity index (χ3n) is 2.10. The molecule has 14 heavy (non-hydrogen) atoms. The lowest BCUT2D eigenvalue weighted by atomic mass is 10.2. The number of thioether (sulfide) groups is 1. The first-order valence-corrected chi connectivity index (χ1v) is 6.11. The fourth-order valence-corrected chi connectivity index (χ4v) is 2.18. The van der Waals surface area contributed by atoms with Gasteiger partial charge in [0.05, 0.1) is 0 Å². The van der Waals surface area contributed by atoms with Crippen molar-refractivity contribution in [2.24, 2.45) is 5.92 Å². The second-order valence-electron chi connectivity index (χ2n) is 3.45. The van der Waals surface area contributed by atoms with Gasteiger partial charge in [-0.3, -0.25) is 0 Å². The number of aryl methyl sites for hydroxylation is 1. The summed E-state index contributed by atoms with van der Waals surface area (Å²) in [4.78, 5) is 8.12. The molecule has 1 rings (SSSR count). The van der Waals surface area contributed by atoms with Crippen LogP contribution in [0.5, 0.6) is 0 Å². The van der Waals surface area contributed by atoms with Gasteiger partial charge in [-0.05, 0) is 30.0 Å². The van der Waals surface area contributed by atoms with Crippen molar-refractivity contribution in [1.82, 2.24) is 9.97 Å². The van der Waals surface area contributed by atoms with Crippen LogP contribution in [0.2, 0.25) is 5.28 Å². The molecule has 1 aromatic rings. The highest BCUT2D eigenvalue weighted by Crippen LogP contribution is 2.23. The number of hydrogen-bond acceptors (Lipinski definition) is 3. The number of hydrogen-bond donors (Lipinski definition) is 0. The third kappa shape index (κ3) is 3.46. The van der Waals surface area contributed by atoms with Crippen LogP contribution in [0.4, 0.5) is 0 Å². The van der Waals surface area contributed by atoms with Gasteiger partial charge in [0.1, 0.15) is 5.03 Å². The van der Waals surface area contributed by atoms with Gasteiger partial charge >= 0.3 is 0 Å². The molecule has 0 fully saturated rings. The van der Waals surface area contributed by atoms with Crippen molar-refractivity contribution in [1.29, 1.82) is 0 Å². The molecule has 0 saturated carbocycles. The van der Waals surface area contributed by atoms with Gasteiger partial charge in [0.15, 0.2) is 0 Å². The predicted molar refractivity (Wildman–Crippen MR) is 62.0 cm³/mol. The number of rotatable bonds is 4. The normalized spacial score (nSPS) is 12.9. The van der Waals surface area contributed by atoms with Crippen LogP contribution in [0.15, 0.2) is 11.2 Å². The fourth-order valence-electron chi connectivity index (χ4n) is 0.891. The van der Waals surface area contributed by atoms with E-state index in [2.05, 4.69) is 23.8 Å². The summed E-state index contributed by atoms with van der Waals surface area (Å²) in [5.41, 5.74) is 1.10. The predicted octanol–water partition coefficient (Wildman–Crippen LogP) is 3.58.